The van der Waals surface area contributed by atoms with Crippen molar-refractivity contribution in [3.05, 3.63) is 34.9 Å². The van der Waals surface area contributed by atoms with E-state index in [2.05, 4.69) is 20.8 Å². The minimum Gasteiger partial charge on any atom is -0.323 e. The van der Waals surface area contributed by atoms with Crippen molar-refractivity contribution in [3.8, 4) is 0 Å². The topological polar surface area (TPSA) is 26.0 Å². The van der Waals surface area contributed by atoms with Crippen LogP contribution in [-0.2, 0) is 0 Å². The smallest absolute Gasteiger partial charge is 0.0453 e. The molecule has 0 radical (unpaired) electrons. The molecule has 0 fully saturated rings. The highest BCUT2D eigenvalue weighted by atomic mass is 35.5. The highest BCUT2D eigenvalue weighted by Gasteiger charge is 2.23. The van der Waals surface area contributed by atoms with Crippen LogP contribution in [-0.4, -0.2) is 0 Å². The van der Waals surface area contributed by atoms with Crippen molar-refractivity contribution in [1.29, 1.82) is 0 Å². The maximum atomic E-state index is 6.09. The van der Waals surface area contributed by atoms with Gasteiger partial charge in [0, 0.05) is 11.1 Å². The van der Waals surface area contributed by atoms with Gasteiger partial charge in [-0.25, -0.2) is 0 Å². The number of halogens is 1. The number of hydrogen-bond donors (Lipinski definition) is 1. The third-order valence-corrected chi connectivity index (χ3v) is 2.52. The summed E-state index contributed by atoms with van der Waals surface area (Å²) in [7, 11) is 0. The SMILES string of the molecule is CC(C)(C)[C@H](N)c1ccccc1Cl. The quantitative estimate of drug-likeness (QED) is 0.734. The van der Waals surface area contributed by atoms with Crippen LogP contribution >= 0.6 is 11.6 Å². The first-order chi connectivity index (χ1) is 5.93. The molecule has 0 saturated heterocycles. The Hall–Kier alpha value is -0.530. The first-order valence-electron chi connectivity index (χ1n) is 4.43. The van der Waals surface area contributed by atoms with E-state index in [-0.39, 0.29) is 11.5 Å². The van der Waals surface area contributed by atoms with Gasteiger partial charge in [-0.05, 0) is 17.0 Å². The molecular weight excluding hydrogens is 182 g/mol. The normalized spacial score (nSPS) is 14.2. The lowest BCUT2D eigenvalue weighted by Crippen LogP contribution is -2.26. The van der Waals surface area contributed by atoms with Crippen LogP contribution in [0.15, 0.2) is 24.3 Å². The predicted molar refractivity (Wildman–Crippen MR) is 57.8 cm³/mol. The molecule has 1 aromatic carbocycles. The molecule has 0 bridgehead atoms. The second-order valence-electron chi connectivity index (χ2n) is 4.37. The van der Waals surface area contributed by atoms with Crippen LogP contribution in [0.5, 0.6) is 0 Å². The Morgan fingerprint density at radius 1 is 1.23 bits per heavy atom. The Kier molecular flexibility index (Phi) is 2.99. The zero-order chi connectivity index (χ0) is 10.1. The van der Waals surface area contributed by atoms with Crippen molar-refractivity contribution < 1.29 is 0 Å². The summed E-state index contributed by atoms with van der Waals surface area (Å²) in [6.07, 6.45) is 0. The summed E-state index contributed by atoms with van der Waals surface area (Å²) >= 11 is 6.05. The first-order valence-corrected chi connectivity index (χ1v) is 4.80. The van der Waals surface area contributed by atoms with E-state index in [0.29, 0.717) is 0 Å². The average molecular weight is 198 g/mol. The fourth-order valence-electron chi connectivity index (χ4n) is 1.19. The van der Waals surface area contributed by atoms with Crippen LogP contribution in [0.2, 0.25) is 5.02 Å². The summed E-state index contributed by atoms with van der Waals surface area (Å²) in [4.78, 5) is 0. The molecule has 1 rings (SSSR count). The van der Waals surface area contributed by atoms with E-state index in [0.717, 1.165) is 10.6 Å². The van der Waals surface area contributed by atoms with Gasteiger partial charge in [-0.1, -0.05) is 50.6 Å². The van der Waals surface area contributed by atoms with Gasteiger partial charge in [0.2, 0.25) is 0 Å². The van der Waals surface area contributed by atoms with Crippen LogP contribution in [0.4, 0.5) is 0 Å². The molecule has 0 aromatic heterocycles. The van der Waals surface area contributed by atoms with Crippen molar-refractivity contribution in [2.75, 3.05) is 0 Å². The van der Waals surface area contributed by atoms with Gasteiger partial charge >= 0.3 is 0 Å². The van der Waals surface area contributed by atoms with Crippen molar-refractivity contribution in [1.82, 2.24) is 0 Å². The van der Waals surface area contributed by atoms with E-state index in [1.54, 1.807) is 0 Å². The van der Waals surface area contributed by atoms with Crippen LogP contribution in [0.3, 0.4) is 0 Å². The molecule has 0 aliphatic carbocycles. The van der Waals surface area contributed by atoms with Crippen molar-refractivity contribution in [3.63, 3.8) is 0 Å². The minimum atomic E-state index is -0.0128. The lowest BCUT2D eigenvalue weighted by molar-refractivity contribution is 0.327. The van der Waals surface area contributed by atoms with Crippen LogP contribution in [0, 0.1) is 5.41 Å². The number of nitrogens with two attached hydrogens (primary N) is 1. The maximum Gasteiger partial charge on any atom is 0.0453 e. The van der Waals surface area contributed by atoms with Gasteiger partial charge in [0.15, 0.2) is 0 Å². The molecule has 2 N–H and O–H groups in total. The molecule has 2 heteroatoms. The lowest BCUT2D eigenvalue weighted by Gasteiger charge is -2.28. The molecule has 0 aliphatic heterocycles. The summed E-state index contributed by atoms with van der Waals surface area (Å²) in [5.74, 6) is 0. The molecule has 0 aliphatic rings. The summed E-state index contributed by atoms with van der Waals surface area (Å²) in [6.45, 7) is 6.34. The Morgan fingerprint density at radius 3 is 2.23 bits per heavy atom. The molecule has 0 saturated carbocycles. The number of hydrogen-bond acceptors (Lipinski definition) is 1. The van der Waals surface area contributed by atoms with Gasteiger partial charge in [0.1, 0.15) is 0 Å². The molecule has 0 amide bonds. The molecule has 0 spiro atoms. The molecule has 1 aromatic rings. The number of benzene rings is 1. The average Bonchev–Trinajstić information content (AvgIpc) is 2.02. The van der Waals surface area contributed by atoms with Crippen molar-refractivity contribution in [2.24, 2.45) is 11.1 Å². The van der Waals surface area contributed by atoms with Gasteiger partial charge in [0.05, 0.1) is 0 Å². The zero-order valence-electron chi connectivity index (χ0n) is 8.34. The van der Waals surface area contributed by atoms with Gasteiger partial charge in [-0.15, -0.1) is 0 Å². The first kappa shape index (κ1) is 10.6. The molecule has 0 unspecified atom stereocenters. The van der Waals surface area contributed by atoms with Crippen LogP contribution in [0.25, 0.3) is 0 Å². The molecule has 1 atom stereocenters. The summed E-state index contributed by atoms with van der Waals surface area (Å²) in [5, 5.41) is 0.755. The maximum absolute atomic E-state index is 6.09. The summed E-state index contributed by atoms with van der Waals surface area (Å²) in [6, 6.07) is 7.73. The van der Waals surface area contributed by atoms with E-state index in [1.807, 2.05) is 24.3 Å². The van der Waals surface area contributed by atoms with Crippen molar-refractivity contribution in [2.45, 2.75) is 26.8 Å². The fourth-order valence-corrected chi connectivity index (χ4v) is 1.45. The summed E-state index contributed by atoms with van der Waals surface area (Å²) in [5.41, 5.74) is 7.16. The predicted octanol–water partition coefficient (Wildman–Crippen LogP) is 3.39. The highest BCUT2D eigenvalue weighted by molar-refractivity contribution is 6.31. The fraction of sp³-hybridized carbons (Fsp3) is 0.455. The molecule has 1 nitrogen and oxygen atoms in total. The van der Waals surface area contributed by atoms with E-state index in [1.165, 1.54) is 0 Å². The zero-order valence-corrected chi connectivity index (χ0v) is 9.10. The monoisotopic (exact) mass is 197 g/mol. The van der Waals surface area contributed by atoms with Crippen LogP contribution < -0.4 is 5.73 Å². The Morgan fingerprint density at radius 2 is 1.77 bits per heavy atom. The van der Waals surface area contributed by atoms with Gasteiger partial charge < -0.3 is 5.73 Å². The molecule has 72 valence electrons. The largest absolute Gasteiger partial charge is 0.323 e. The Bertz CT molecular complexity index is 288. The van der Waals surface area contributed by atoms with E-state index in [4.69, 9.17) is 17.3 Å². The Labute approximate surface area is 84.9 Å². The highest BCUT2D eigenvalue weighted by Crippen LogP contribution is 2.33. The van der Waals surface area contributed by atoms with Crippen LogP contribution in [0.1, 0.15) is 32.4 Å². The Balaban J connectivity index is 3.02. The standard InChI is InChI=1S/C11H16ClN/c1-11(2,3)10(13)8-6-4-5-7-9(8)12/h4-7,10H,13H2,1-3H3/t10-/m1/s1. The van der Waals surface area contributed by atoms with E-state index < -0.39 is 0 Å². The van der Waals surface area contributed by atoms with E-state index in [9.17, 15) is 0 Å². The van der Waals surface area contributed by atoms with Crippen molar-refractivity contribution >= 4 is 11.6 Å². The second kappa shape index (κ2) is 3.69. The second-order valence-corrected chi connectivity index (χ2v) is 4.77. The van der Waals surface area contributed by atoms with E-state index >= 15 is 0 Å². The third-order valence-electron chi connectivity index (χ3n) is 2.17. The molecular formula is C11H16ClN. The van der Waals surface area contributed by atoms with Gasteiger partial charge in [-0.2, -0.15) is 0 Å². The molecule has 0 heterocycles. The third kappa shape index (κ3) is 2.45. The summed E-state index contributed by atoms with van der Waals surface area (Å²) < 4.78 is 0. The molecule has 13 heavy (non-hydrogen) atoms. The lowest BCUT2D eigenvalue weighted by atomic mass is 9.83. The number of rotatable bonds is 1. The van der Waals surface area contributed by atoms with Gasteiger partial charge in [0.25, 0.3) is 0 Å². The minimum absolute atomic E-state index is 0.0128. The van der Waals surface area contributed by atoms with Gasteiger partial charge in [-0.3, -0.25) is 0 Å².